The number of benzene rings is 4. The topological polar surface area (TPSA) is 37.3 Å². The number of rotatable bonds is 5. The molecule has 0 heterocycles. The molecule has 0 aliphatic heterocycles. The zero-order valence-corrected chi connectivity index (χ0v) is 15.4. The molecule has 0 spiro atoms. The molecule has 0 atom stereocenters. The van der Waals surface area contributed by atoms with Gasteiger partial charge in [0.2, 0.25) is 0 Å². The summed E-state index contributed by atoms with van der Waals surface area (Å²) in [6.45, 7) is 2.06. The van der Waals surface area contributed by atoms with Crippen molar-refractivity contribution in [3.63, 3.8) is 0 Å². The molecule has 2 heteroatoms. The molecule has 0 unspecified atom stereocenters. The van der Waals surface area contributed by atoms with Crippen LogP contribution in [-0.2, 0) is 0 Å². The molecular weight excluding hydrogens is 332 g/mol. The third kappa shape index (κ3) is 3.08. The Hall–Kier alpha value is -3.13. The van der Waals surface area contributed by atoms with E-state index in [9.17, 15) is 9.90 Å². The smallest absolute Gasteiger partial charge is 0.166 e. The van der Waals surface area contributed by atoms with Crippen molar-refractivity contribution >= 4 is 27.3 Å². The minimum absolute atomic E-state index is 0.00147. The number of hydrogen-bond acceptors (Lipinski definition) is 2. The summed E-state index contributed by atoms with van der Waals surface area (Å²) in [7, 11) is 0. The molecule has 134 valence electrons. The second-order valence-electron chi connectivity index (χ2n) is 6.92. The van der Waals surface area contributed by atoms with Crippen LogP contribution in [0.5, 0.6) is 5.75 Å². The first-order valence-corrected chi connectivity index (χ1v) is 9.46. The number of aromatic hydroxyl groups is 1. The van der Waals surface area contributed by atoms with Crippen LogP contribution in [0.25, 0.3) is 32.7 Å². The van der Waals surface area contributed by atoms with E-state index < -0.39 is 0 Å². The monoisotopic (exact) mass is 354 g/mol. The Kier molecular flexibility index (Phi) is 4.64. The lowest BCUT2D eigenvalue weighted by atomic mass is 9.89. The van der Waals surface area contributed by atoms with Gasteiger partial charge in [0.25, 0.3) is 0 Å². The highest BCUT2D eigenvalue weighted by molar-refractivity contribution is 6.13. The first-order chi connectivity index (χ1) is 13.2. The van der Waals surface area contributed by atoms with E-state index in [-0.39, 0.29) is 11.5 Å². The molecule has 0 bridgehead atoms. The SMILES string of the molecule is CCCCC(=O)c1cc2ccccc2c(-c2cccc3ccccc23)c1O. The molecule has 0 radical (unpaired) electrons. The van der Waals surface area contributed by atoms with Crippen molar-refractivity contribution in [2.24, 2.45) is 0 Å². The minimum Gasteiger partial charge on any atom is -0.507 e. The van der Waals surface area contributed by atoms with Gasteiger partial charge in [0.15, 0.2) is 5.78 Å². The zero-order valence-electron chi connectivity index (χ0n) is 15.4. The highest BCUT2D eigenvalue weighted by Crippen LogP contribution is 2.42. The molecule has 2 nitrogen and oxygen atoms in total. The second-order valence-corrected chi connectivity index (χ2v) is 6.92. The van der Waals surface area contributed by atoms with Gasteiger partial charge in [0.05, 0.1) is 5.56 Å². The number of ketones is 1. The third-order valence-corrected chi connectivity index (χ3v) is 5.14. The lowest BCUT2D eigenvalue weighted by Gasteiger charge is -2.15. The van der Waals surface area contributed by atoms with Crippen molar-refractivity contribution in [2.45, 2.75) is 26.2 Å². The van der Waals surface area contributed by atoms with E-state index in [0.29, 0.717) is 12.0 Å². The van der Waals surface area contributed by atoms with Crippen LogP contribution in [0.1, 0.15) is 36.5 Å². The summed E-state index contributed by atoms with van der Waals surface area (Å²) in [5, 5.41) is 15.3. The predicted octanol–water partition coefficient (Wildman–Crippen LogP) is 6.74. The van der Waals surface area contributed by atoms with Crippen LogP contribution in [0.2, 0.25) is 0 Å². The van der Waals surface area contributed by atoms with Gasteiger partial charge in [-0.3, -0.25) is 4.79 Å². The summed E-state index contributed by atoms with van der Waals surface area (Å²) in [5.74, 6) is 0.0905. The summed E-state index contributed by atoms with van der Waals surface area (Å²) in [4.78, 5) is 12.8. The first kappa shape index (κ1) is 17.3. The Morgan fingerprint density at radius 2 is 1.52 bits per heavy atom. The second kappa shape index (κ2) is 7.24. The van der Waals surface area contributed by atoms with Gasteiger partial charge in [-0.1, -0.05) is 80.1 Å². The van der Waals surface area contributed by atoms with Crippen molar-refractivity contribution in [1.29, 1.82) is 0 Å². The molecule has 4 aromatic rings. The van der Waals surface area contributed by atoms with E-state index in [0.717, 1.165) is 45.5 Å². The normalized spacial score (nSPS) is 11.1. The molecule has 4 rings (SSSR count). The molecule has 1 N–H and O–H groups in total. The van der Waals surface area contributed by atoms with E-state index in [1.807, 2.05) is 54.6 Å². The fourth-order valence-electron chi connectivity index (χ4n) is 3.74. The Morgan fingerprint density at radius 3 is 2.30 bits per heavy atom. The summed E-state index contributed by atoms with van der Waals surface area (Å²) in [6.07, 6.45) is 2.24. The van der Waals surface area contributed by atoms with Crippen LogP contribution >= 0.6 is 0 Å². The average molecular weight is 354 g/mol. The summed E-state index contributed by atoms with van der Waals surface area (Å²) < 4.78 is 0. The van der Waals surface area contributed by atoms with Gasteiger partial charge in [-0.2, -0.15) is 0 Å². The fourth-order valence-corrected chi connectivity index (χ4v) is 3.74. The summed E-state index contributed by atoms with van der Waals surface area (Å²) >= 11 is 0. The maximum atomic E-state index is 12.8. The van der Waals surface area contributed by atoms with Crippen LogP contribution in [0.3, 0.4) is 0 Å². The van der Waals surface area contributed by atoms with Crippen molar-refractivity contribution in [3.05, 3.63) is 78.4 Å². The van der Waals surface area contributed by atoms with Gasteiger partial charge in [-0.15, -0.1) is 0 Å². The zero-order chi connectivity index (χ0) is 18.8. The number of phenols is 1. The molecule has 0 saturated carbocycles. The van der Waals surface area contributed by atoms with Gasteiger partial charge in [0, 0.05) is 12.0 Å². The highest BCUT2D eigenvalue weighted by atomic mass is 16.3. The van der Waals surface area contributed by atoms with Gasteiger partial charge in [-0.25, -0.2) is 0 Å². The van der Waals surface area contributed by atoms with Crippen LogP contribution in [-0.4, -0.2) is 10.9 Å². The van der Waals surface area contributed by atoms with Crippen molar-refractivity contribution in [3.8, 4) is 16.9 Å². The Labute approximate surface area is 159 Å². The Balaban J connectivity index is 2.04. The van der Waals surface area contributed by atoms with Gasteiger partial charge in [-0.05, 0) is 39.6 Å². The Morgan fingerprint density at radius 1 is 0.852 bits per heavy atom. The van der Waals surface area contributed by atoms with Gasteiger partial charge >= 0.3 is 0 Å². The molecule has 0 aromatic heterocycles. The highest BCUT2D eigenvalue weighted by Gasteiger charge is 2.20. The number of phenolic OH excluding ortho intramolecular Hbond substituents is 1. The maximum Gasteiger partial charge on any atom is 0.166 e. The number of carbonyl (C=O) groups is 1. The van der Waals surface area contributed by atoms with Crippen molar-refractivity contribution < 1.29 is 9.90 Å². The number of carbonyl (C=O) groups excluding carboxylic acids is 1. The molecule has 0 fully saturated rings. The van der Waals surface area contributed by atoms with E-state index in [4.69, 9.17) is 0 Å². The van der Waals surface area contributed by atoms with Crippen LogP contribution in [0.4, 0.5) is 0 Å². The largest absolute Gasteiger partial charge is 0.507 e. The predicted molar refractivity (Wildman–Crippen MR) is 112 cm³/mol. The van der Waals surface area contributed by atoms with Crippen molar-refractivity contribution in [1.82, 2.24) is 0 Å². The number of unbranched alkanes of at least 4 members (excludes halogenated alkanes) is 1. The minimum atomic E-state index is 0.00147. The quantitative estimate of drug-likeness (QED) is 0.403. The van der Waals surface area contributed by atoms with Gasteiger partial charge < -0.3 is 5.11 Å². The van der Waals surface area contributed by atoms with Crippen LogP contribution < -0.4 is 0 Å². The number of fused-ring (bicyclic) bond motifs is 2. The van der Waals surface area contributed by atoms with E-state index in [2.05, 4.69) is 25.1 Å². The Bertz CT molecular complexity index is 1140. The molecule has 27 heavy (non-hydrogen) atoms. The molecule has 4 aromatic carbocycles. The third-order valence-electron chi connectivity index (χ3n) is 5.14. The molecular formula is C25H22O2. The summed E-state index contributed by atoms with van der Waals surface area (Å²) in [5.41, 5.74) is 2.11. The lowest BCUT2D eigenvalue weighted by Crippen LogP contribution is -2.01. The first-order valence-electron chi connectivity index (χ1n) is 9.46. The number of hydrogen-bond donors (Lipinski definition) is 1. The molecule has 0 saturated heterocycles. The van der Waals surface area contributed by atoms with Crippen LogP contribution in [0.15, 0.2) is 72.8 Å². The maximum absolute atomic E-state index is 12.8. The molecule has 0 aliphatic carbocycles. The number of Topliss-reactive ketones (excluding diaryl/α,β-unsaturated/α-hetero) is 1. The van der Waals surface area contributed by atoms with Crippen molar-refractivity contribution in [2.75, 3.05) is 0 Å². The average Bonchev–Trinajstić information content (AvgIpc) is 2.71. The fraction of sp³-hybridized carbons (Fsp3) is 0.160. The van der Waals surface area contributed by atoms with E-state index >= 15 is 0 Å². The standard InChI is InChI=1S/C25H22O2/c1-2-3-15-23(26)22-16-18-10-5-7-13-20(18)24(25(22)27)21-14-8-11-17-9-4-6-12-19(17)21/h4-14,16,27H,2-3,15H2,1H3. The molecule has 0 aliphatic rings. The van der Waals surface area contributed by atoms with E-state index in [1.165, 1.54) is 0 Å². The molecule has 0 amide bonds. The van der Waals surface area contributed by atoms with Gasteiger partial charge in [0.1, 0.15) is 5.75 Å². The van der Waals surface area contributed by atoms with Crippen LogP contribution in [0, 0.1) is 0 Å². The summed E-state index contributed by atoms with van der Waals surface area (Å²) in [6, 6.07) is 24.0. The lowest BCUT2D eigenvalue weighted by molar-refractivity contribution is 0.0977. The van der Waals surface area contributed by atoms with E-state index in [1.54, 1.807) is 0 Å².